The SMILES string of the molecule is CC(C)N1C[C@@H](OCc2ccc(F)cc2)CN(C(=O)Cc2cnc3ncnn3c2)CC1=O. The van der Waals surface area contributed by atoms with Gasteiger partial charge in [-0.15, -0.1) is 0 Å². The van der Waals surface area contributed by atoms with Gasteiger partial charge in [0.25, 0.3) is 5.78 Å². The Balaban J connectivity index is 1.47. The fourth-order valence-electron chi connectivity index (χ4n) is 3.67. The lowest BCUT2D eigenvalue weighted by Crippen LogP contribution is -2.42. The summed E-state index contributed by atoms with van der Waals surface area (Å²) in [7, 11) is 0. The molecule has 32 heavy (non-hydrogen) atoms. The number of halogens is 1. The van der Waals surface area contributed by atoms with Crippen LogP contribution in [0, 0.1) is 5.82 Å². The Morgan fingerprint density at radius 3 is 2.72 bits per heavy atom. The van der Waals surface area contributed by atoms with Crippen LogP contribution in [0.3, 0.4) is 0 Å². The van der Waals surface area contributed by atoms with E-state index in [1.54, 1.807) is 29.4 Å². The molecule has 1 saturated heterocycles. The molecule has 0 aliphatic carbocycles. The first kappa shape index (κ1) is 21.8. The molecule has 0 saturated carbocycles. The first-order valence-corrected chi connectivity index (χ1v) is 10.5. The summed E-state index contributed by atoms with van der Waals surface area (Å²) in [5.74, 6) is -0.171. The number of carbonyl (C=O) groups is 2. The zero-order chi connectivity index (χ0) is 22.7. The van der Waals surface area contributed by atoms with Crippen LogP contribution in [-0.4, -0.2) is 73.0 Å². The molecule has 0 spiro atoms. The highest BCUT2D eigenvalue weighted by molar-refractivity contribution is 5.86. The third kappa shape index (κ3) is 5.08. The number of benzene rings is 1. The van der Waals surface area contributed by atoms with Crippen molar-refractivity contribution in [2.75, 3.05) is 19.6 Å². The quantitative estimate of drug-likeness (QED) is 0.576. The largest absolute Gasteiger partial charge is 0.370 e. The highest BCUT2D eigenvalue weighted by Crippen LogP contribution is 2.15. The van der Waals surface area contributed by atoms with Crippen molar-refractivity contribution < 1.29 is 18.7 Å². The zero-order valence-electron chi connectivity index (χ0n) is 18.0. The number of rotatable bonds is 6. The summed E-state index contributed by atoms with van der Waals surface area (Å²) in [6.45, 7) is 4.80. The molecule has 1 aliphatic rings. The van der Waals surface area contributed by atoms with E-state index in [9.17, 15) is 14.0 Å². The highest BCUT2D eigenvalue weighted by atomic mass is 19.1. The van der Waals surface area contributed by atoms with Gasteiger partial charge in [-0.1, -0.05) is 12.1 Å². The summed E-state index contributed by atoms with van der Waals surface area (Å²) in [5.41, 5.74) is 1.50. The number of ether oxygens (including phenoxy) is 1. The van der Waals surface area contributed by atoms with E-state index in [0.717, 1.165) is 5.56 Å². The fraction of sp³-hybridized carbons (Fsp3) is 0.409. The molecule has 1 aliphatic heterocycles. The summed E-state index contributed by atoms with van der Waals surface area (Å²) >= 11 is 0. The van der Waals surface area contributed by atoms with Gasteiger partial charge in [-0.2, -0.15) is 10.1 Å². The highest BCUT2D eigenvalue weighted by Gasteiger charge is 2.32. The third-order valence-corrected chi connectivity index (χ3v) is 5.39. The maximum absolute atomic E-state index is 13.2. The Bertz CT molecular complexity index is 1100. The molecular formula is C22H25FN6O3. The molecule has 0 N–H and O–H groups in total. The van der Waals surface area contributed by atoms with Gasteiger partial charge >= 0.3 is 0 Å². The molecule has 4 rings (SSSR count). The molecule has 3 aromatic rings. The van der Waals surface area contributed by atoms with E-state index >= 15 is 0 Å². The van der Waals surface area contributed by atoms with Gasteiger partial charge < -0.3 is 14.5 Å². The normalized spacial score (nSPS) is 17.2. The molecule has 168 valence electrons. The molecule has 3 heterocycles. The second-order valence-corrected chi connectivity index (χ2v) is 8.12. The number of hydrogen-bond acceptors (Lipinski definition) is 6. The molecule has 10 heteroatoms. The molecule has 1 aromatic carbocycles. The molecule has 0 unspecified atom stereocenters. The van der Waals surface area contributed by atoms with Gasteiger partial charge in [-0.3, -0.25) is 9.59 Å². The average Bonchev–Trinajstić information content (AvgIpc) is 3.16. The van der Waals surface area contributed by atoms with Crippen molar-refractivity contribution in [2.24, 2.45) is 0 Å². The van der Waals surface area contributed by atoms with Gasteiger partial charge in [-0.25, -0.2) is 13.9 Å². The van der Waals surface area contributed by atoms with E-state index in [1.165, 1.54) is 27.9 Å². The predicted octanol–water partition coefficient (Wildman–Crippen LogP) is 1.47. The number of hydrogen-bond donors (Lipinski definition) is 0. The van der Waals surface area contributed by atoms with Crippen molar-refractivity contribution in [1.82, 2.24) is 29.4 Å². The number of amides is 2. The number of aromatic nitrogens is 4. The molecular weight excluding hydrogens is 415 g/mol. The smallest absolute Gasteiger partial charge is 0.252 e. The molecule has 1 fully saturated rings. The van der Waals surface area contributed by atoms with Crippen LogP contribution in [0.1, 0.15) is 25.0 Å². The van der Waals surface area contributed by atoms with E-state index in [-0.39, 0.29) is 55.9 Å². The van der Waals surface area contributed by atoms with Crippen LogP contribution in [0.2, 0.25) is 0 Å². The van der Waals surface area contributed by atoms with E-state index in [0.29, 0.717) is 17.9 Å². The van der Waals surface area contributed by atoms with Gasteiger partial charge in [0, 0.05) is 31.5 Å². The monoisotopic (exact) mass is 440 g/mol. The number of fused-ring (bicyclic) bond motifs is 1. The molecule has 2 aromatic heterocycles. The molecule has 9 nitrogen and oxygen atoms in total. The standard InChI is InChI=1S/C22H25FN6O3/c1-15(2)28-11-19(32-13-16-3-5-18(23)6-4-16)10-27(12-21(28)31)20(30)7-17-8-24-22-25-14-26-29(22)9-17/h3-6,8-9,14-15,19H,7,10-13H2,1-2H3/t19-/m0/s1. The van der Waals surface area contributed by atoms with Gasteiger partial charge in [0.1, 0.15) is 12.1 Å². The Hall–Kier alpha value is -3.40. The maximum Gasteiger partial charge on any atom is 0.252 e. The summed E-state index contributed by atoms with van der Waals surface area (Å²) in [5, 5.41) is 4.04. The summed E-state index contributed by atoms with van der Waals surface area (Å²) < 4.78 is 20.7. The average molecular weight is 440 g/mol. The van der Waals surface area contributed by atoms with Crippen LogP contribution in [0.5, 0.6) is 0 Å². The van der Waals surface area contributed by atoms with Crippen LogP contribution in [0.4, 0.5) is 4.39 Å². The van der Waals surface area contributed by atoms with Gasteiger partial charge in [0.05, 0.1) is 25.7 Å². The Morgan fingerprint density at radius 2 is 1.97 bits per heavy atom. The Morgan fingerprint density at radius 1 is 1.19 bits per heavy atom. The summed E-state index contributed by atoms with van der Waals surface area (Å²) in [4.78, 5) is 37.3. The van der Waals surface area contributed by atoms with Gasteiger partial charge in [-0.05, 0) is 37.1 Å². The van der Waals surface area contributed by atoms with Crippen molar-refractivity contribution in [1.29, 1.82) is 0 Å². The second kappa shape index (κ2) is 9.39. The van der Waals surface area contributed by atoms with Crippen LogP contribution in [0.15, 0.2) is 43.0 Å². The Labute approximate surface area is 184 Å². The van der Waals surface area contributed by atoms with E-state index in [2.05, 4.69) is 15.1 Å². The molecule has 0 bridgehead atoms. The summed E-state index contributed by atoms with van der Waals surface area (Å²) in [6.07, 6.45) is 4.40. The first-order valence-electron chi connectivity index (χ1n) is 10.5. The van der Waals surface area contributed by atoms with Crippen molar-refractivity contribution in [2.45, 2.75) is 39.0 Å². The Kier molecular flexibility index (Phi) is 6.40. The van der Waals surface area contributed by atoms with Crippen molar-refractivity contribution in [3.05, 3.63) is 59.9 Å². The maximum atomic E-state index is 13.2. The lowest BCUT2D eigenvalue weighted by atomic mass is 10.2. The molecule has 0 radical (unpaired) electrons. The van der Waals surface area contributed by atoms with Crippen LogP contribution >= 0.6 is 0 Å². The van der Waals surface area contributed by atoms with E-state index in [1.807, 2.05) is 13.8 Å². The van der Waals surface area contributed by atoms with Crippen molar-refractivity contribution in [3.63, 3.8) is 0 Å². The molecule has 2 amide bonds. The van der Waals surface area contributed by atoms with Crippen LogP contribution in [0.25, 0.3) is 5.78 Å². The van der Waals surface area contributed by atoms with Gasteiger partial charge in [0.15, 0.2) is 0 Å². The molecule has 1 atom stereocenters. The predicted molar refractivity (Wildman–Crippen MR) is 113 cm³/mol. The minimum Gasteiger partial charge on any atom is -0.370 e. The second-order valence-electron chi connectivity index (χ2n) is 8.12. The fourth-order valence-corrected chi connectivity index (χ4v) is 3.67. The number of nitrogens with zero attached hydrogens (tertiary/aromatic N) is 6. The van der Waals surface area contributed by atoms with Crippen molar-refractivity contribution in [3.8, 4) is 0 Å². The van der Waals surface area contributed by atoms with Gasteiger partial charge in [0.2, 0.25) is 11.8 Å². The topological polar surface area (TPSA) is 92.9 Å². The third-order valence-electron chi connectivity index (χ3n) is 5.39. The summed E-state index contributed by atoms with van der Waals surface area (Å²) in [6, 6.07) is 6.06. The zero-order valence-corrected chi connectivity index (χ0v) is 18.0. The van der Waals surface area contributed by atoms with Crippen molar-refractivity contribution >= 4 is 17.6 Å². The lowest BCUT2D eigenvalue weighted by Gasteiger charge is -2.27. The van der Waals surface area contributed by atoms with E-state index < -0.39 is 0 Å². The lowest BCUT2D eigenvalue weighted by molar-refractivity contribution is -0.139. The number of carbonyl (C=O) groups excluding carboxylic acids is 2. The van der Waals surface area contributed by atoms with E-state index in [4.69, 9.17) is 4.74 Å². The minimum atomic E-state index is -0.367. The van der Waals surface area contributed by atoms with Crippen LogP contribution in [-0.2, 0) is 27.4 Å². The van der Waals surface area contributed by atoms with Crippen LogP contribution < -0.4 is 0 Å². The first-order chi connectivity index (χ1) is 15.4. The minimum absolute atomic E-state index is 0.00752.